The van der Waals surface area contributed by atoms with Gasteiger partial charge in [0.1, 0.15) is 5.69 Å². The molecule has 104 valence electrons. The fraction of sp³-hybridized carbons (Fsp3) is 0.385. The van der Waals surface area contributed by atoms with Crippen LogP contribution in [-0.4, -0.2) is 36.8 Å². The van der Waals surface area contributed by atoms with Gasteiger partial charge in [0, 0.05) is 26.3 Å². The second kappa shape index (κ2) is 7.50. The van der Waals surface area contributed by atoms with Gasteiger partial charge in [-0.05, 0) is 11.6 Å². The van der Waals surface area contributed by atoms with Gasteiger partial charge in [0.15, 0.2) is 0 Å². The van der Waals surface area contributed by atoms with Gasteiger partial charge in [0.25, 0.3) is 5.69 Å². The Morgan fingerprint density at radius 2 is 2.32 bits per heavy atom. The number of nitrogens with zero attached hydrogens (tertiary/aromatic N) is 2. The van der Waals surface area contributed by atoms with Crippen LogP contribution in [0.2, 0.25) is 0 Å². The third-order valence-corrected chi connectivity index (χ3v) is 2.67. The molecule has 1 aromatic rings. The summed E-state index contributed by atoms with van der Waals surface area (Å²) in [6, 6.07) is 4.70. The highest BCUT2D eigenvalue weighted by Gasteiger charge is 2.19. The van der Waals surface area contributed by atoms with Crippen LogP contribution >= 0.6 is 0 Å². The largest absolute Gasteiger partial charge is 0.392 e. The SMILES string of the molecule is C=CCN(CCOC)c1ccc(CO)cc1[N+](=O)[O-]. The van der Waals surface area contributed by atoms with Gasteiger partial charge in [0.05, 0.1) is 18.1 Å². The molecule has 0 aliphatic rings. The maximum Gasteiger partial charge on any atom is 0.292 e. The maximum absolute atomic E-state index is 11.1. The van der Waals surface area contributed by atoms with E-state index < -0.39 is 4.92 Å². The minimum Gasteiger partial charge on any atom is -0.392 e. The summed E-state index contributed by atoms with van der Waals surface area (Å²) in [5, 5.41) is 20.2. The lowest BCUT2D eigenvalue weighted by atomic mass is 10.1. The van der Waals surface area contributed by atoms with Gasteiger partial charge in [-0.25, -0.2) is 0 Å². The van der Waals surface area contributed by atoms with Gasteiger partial charge < -0.3 is 14.7 Å². The Morgan fingerprint density at radius 3 is 2.84 bits per heavy atom. The van der Waals surface area contributed by atoms with Crippen molar-refractivity contribution in [1.82, 2.24) is 0 Å². The number of benzene rings is 1. The molecule has 0 saturated carbocycles. The number of aliphatic hydroxyl groups is 1. The zero-order chi connectivity index (χ0) is 14.3. The lowest BCUT2D eigenvalue weighted by molar-refractivity contribution is -0.384. The number of hydrogen-bond donors (Lipinski definition) is 1. The first-order valence-electron chi connectivity index (χ1n) is 5.87. The number of anilines is 1. The number of methoxy groups -OCH3 is 1. The Morgan fingerprint density at radius 1 is 1.58 bits per heavy atom. The molecule has 6 nitrogen and oxygen atoms in total. The second-order valence-electron chi connectivity index (χ2n) is 3.97. The normalized spacial score (nSPS) is 10.2. The highest BCUT2D eigenvalue weighted by molar-refractivity contribution is 5.64. The molecule has 0 bridgehead atoms. The fourth-order valence-corrected chi connectivity index (χ4v) is 1.75. The zero-order valence-electron chi connectivity index (χ0n) is 10.9. The van der Waals surface area contributed by atoms with E-state index in [2.05, 4.69) is 6.58 Å². The molecule has 1 aromatic carbocycles. The van der Waals surface area contributed by atoms with Crippen LogP contribution in [-0.2, 0) is 11.3 Å². The van der Waals surface area contributed by atoms with E-state index in [-0.39, 0.29) is 12.3 Å². The molecule has 1 rings (SSSR count). The molecule has 0 radical (unpaired) electrons. The Bertz CT molecular complexity index is 448. The number of rotatable bonds is 8. The predicted octanol–water partition coefficient (Wildman–Crippen LogP) is 1.73. The number of aliphatic hydroxyl groups excluding tert-OH is 1. The van der Waals surface area contributed by atoms with E-state index in [9.17, 15) is 10.1 Å². The van der Waals surface area contributed by atoms with Crippen LogP contribution in [0.25, 0.3) is 0 Å². The van der Waals surface area contributed by atoms with E-state index in [0.717, 1.165) is 0 Å². The molecule has 6 heteroatoms. The molecular weight excluding hydrogens is 248 g/mol. The standard InChI is InChI=1S/C13H18N2O4/c1-3-6-14(7-8-19-2)12-5-4-11(10-16)9-13(12)15(17)18/h3-5,9,16H,1,6-8,10H2,2H3. The highest BCUT2D eigenvalue weighted by atomic mass is 16.6. The van der Waals surface area contributed by atoms with Crippen LogP contribution in [0.5, 0.6) is 0 Å². The van der Waals surface area contributed by atoms with Crippen LogP contribution in [0.3, 0.4) is 0 Å². The number of nitro groups is 1. The molecule has 19 heavy (non-hydrogen) atoms. The van der Waals surface area contributed by atoms with Crippen LogP contribution in [0, 0.1) is 10.1 Å². The van der Waals surface area contributed by atoms with Crippen LogP contribution in [0.4, 0.5) is 11.4 Å². The first kappa shape index (κ1) is 15.1. The highest BCUT2D eigenvalue weighted by Crippen LogP contribution is 2.29. The summed E-state index contributed by atoms with van der Waals surface area (Å²) in [7, 11) is 1.58. The third kappa shape index (κ3) is 4.04. The van der Waals surface area contributed by atoms with Crippen molar-refractivity contribution in [3.05, 3.63) is 46.5 Å². The molecule has 0 aliphatic heterocycles. The molecule has 0 saturated heterocycles. The van der Waals surface area contributed by atoms with Gasteiger partial charge in [-0.3, -0.25) is 10.1 Å². The molecule has 1 N–H and O–H groups in total. The quantitative estimate of drug-likeness (QED) is 0.440. The fourth-order valence-electron chi connectivity index (χ4n) is 1.75. The average Bonchev–Trinajstić information content (AvgIpc) is 2.42. The summed E-state index contributed by atoms with van der Waals surface area (Å²) >= 11 is 0. The molecule has 0 unspecified atom stereocenters. The van der Waals surface area contributed by atoms with E-state index >= 15 is 0 Å². The molecule has 0 heterocycles. The molecule has 0 spiro atoms. The minimum absolute atomic E-state index is 0.0236. The van der Waals surface area contributed by atoms with Gasteiger partial charge in [0.2, 0.25) is 0 Å². The molecular formula is C13H18N2O4. The average molecular weight is 266 g/mol. The first-order chi connectivity index (χ1) is 9.13. The minimum atomic E-state index is -0.447. The van der Waals surface area contributed by atoms with Crippen molar-refractivity contribution in [3.63, 3.8) is 0 Å². The van der Waals surface area contributed by atoms with E-state index in [0.29, 0.717) is 30.9 Å². The van der Waals surface area contributed by atoms with Crippen molar-refractivity contribution in [3.8, 4) is 0 Å². The Balaban J connectivity index is 3.12. The predicted molar refractivity (Wildman–Crippen MR) is 73.3 cm³/mol. The smallest absolute Gasteiger partial charge is 0.292 e. The van der Waals surface area contributed by atoms with Crippen molar-refractivity contribution in [2.45, 2.75) is 6.61 Å². The monoisotopic (exact) mass is 266 g/mol. The topological polar surface area (TPSA) is 75.8 Å². The van der Waals surface area contributed by atoms with Crippen molar-refractivity contribution in [1.29, 1.82) is 0 Å². The summed E-state index contributed by atoms with van der Waals surface area (Å²) in [6.07, 6.45) is 1.68. The second-order valence-corrected chi connectivity index (χ2v) is 3.97. The van der Waals surface area contributed by atoms with Gasteiger partial charge in [-0.1, -0.05) is 12.1 Å². The van der Waals surface area contributed by atoms with Crippen LogP contribution in [0.1, 0.15) is 5.56 Å². The molecule has 0 aromatic heterocycles. The van der Waals surface area contributed by atoms with Crippen molar-refractivity contribution in [2.75, 3.05) is 31.7 Å². The van der Waals surface area contributed by atoms with E-state index in [1.807, 2.05) is 4.90 Å². The Kier molecular flexibility index (Phi) is 5.98. The maximum atomic E-state index is 11.1. The summed E-state index contributed by atoms with van der Waals surface area (Å²) in [5.74, 6) is 0. The summed E-state index contributed by atoms with van der Waals surface area (Å²) in [4.78, 5) is 12.5. The van der Waals surface area contributed by atoms with E-state index in [1.54, 1.807) is 25.3 Å². The first-order valence-corrected chi connectivity index (χ1v) is 5.87. The van der Waals surface area contributed by atoms with Crippen molar-refractivity contribution in [2.24, 2.45) is 0 Å². The lowest BCUT2D eigenvalue weighted by Crippen LogP contribution is -2.28. The molecule has 0 atom stereocenters. The Labute approximate surface area is 112 Å². The Hall–Kier alpha value is -1.92. The van der Waals surface area contributed by atoms with Crippen LogP contribution in [0.15, 0.2) is 30.9 Å². The number of ether oxygens (including phenoxy) is 1. The number of nitro benzene ring substituents is 1. The third-order valence-electron chi connectivity index (χ3n) is 2.67. The van der Waals surface area contributed by atoms with Gasteiger partial charge in [-0.2, -0.15) is 0 Å². The molecule has 0 fully saturated rings. The summed E-state index contributed by atoms with van der Waals surface area (Å²) < 4.78 is 5.00. The van der Waals surface area contributed by atoms with Crippen molar-refractivity contribution < 1.29 is 14.8 Å². The van der Waals surface area contributed by atoms with Crippen molar-refractivity contribution >= 4 is 11.4 Å². The van der Waals surface area contributed by atoms with Crippen LogP contribution < -0.4 is 4.90 Å². The van der Waals surface area contributed by atoms with Gasteiger partial charge in [-0.15, -0.1) is 6.58 Å². The van der Waals surface area contributed by atoms with E-state index in [1.165, 1.54) is 6.07 Å². The lowest BCUT2D eigenvalue weighted by Gasteiger charge is -2.22. The number of hydrogen-bond acceptors (Lipinski definition) is 5. The molecule has 0 aliphatic carbocycles. The van der Waals surface area contributed by atoms with E-state index in [4.69, 9.17) is 9.84 Å². The summed E-state index contributed by atoms with van der Waals surface area (Å²) in [5.41, 5.74) is 0.990. The van der Waals surface area contributed by atoms with Gasteiger partial charge >= 0.3 is 0 Å². The summed E-state index contributed by atoms with van der Waals surface area (Å²) in [6.45, 7) is 4.91. The zero-order valence-corrected chi connectivity index (χ0v) is 10.9. The molecule has 0 amide bonds.